The first-order valence-electron chi connectivity index (χ1n) is 9.25. The smallest absolute Gasteiger partial charge is 0.269 e. The maximum absolute atomic E-state index is 11.7. The standard InChI is InChI=1S/C20H22N4O3S/c1-21-19(25)16-11-14(8-9-22-16)27-13-6-7-15-17(12-13)28-20(23-15)24(2)18-5-3-4-10-26-18/h6-9,11-12,18H,3-5,10H2,1-2H3,(H,21,25). The fourth-order valence-electron chi connectivity index (χ4n) is 3.12. The summed E-state index contributed by atoms with van der Waals surface area (Å²) in [6.07, 6.45) is 4.98. The number of hydrogen-bond acceptors (Lipinski definition) is 7. The number of carbonyl (C=O) groups is 1. The first kappa shape index (κ1) is 18.6. The average Bonchev–Trinajstić information content (AvgIpc) is 3.17. The molecule has 4 rings (SSSR count). The Labute approximate surface area is 167 Å². The minimum absolute atomic E-state index is 0.0879. The first-order valence-corrected chi connectivity index (χ1v) is 10.1. The summed E-state index contributed by atoms with van der Waals surface area (Å²) in [5.74, 6) is 1.000. The van der Waals surface area contributed by atoms with Crippen molar-refractivity contribution in [2.45, 2.75) is 25.5 Å². The van der Waals surface area contributed by atoms with Crippen LogP contribution in [0.1, 0.15) is 29.8 Å². The zero-order valence-electron chi connectivity index (χ0n) is 15.8. The zero-order chi connectivity index (χ0) is 19.5. The highest BCUT2D eigenvalue weighted by Crippen LogP contribution is 2.34. The molecule has 0 bridgehead atoms. The summed E-state index contributed by atoms with van der Waals surface area (Å²) in [4.78, 5) is 22.6. The molecule has 1 N–H and O–H groups in total. The highest BCUT2D eigenvalue weighted by atomic mass is 32.1. The molecule has 1 aliphatic rings. The van der Waals surface area contributed by atoms with Crippen LogP contribution in [0.5, 0.6) is 11.5 Å². The van der Waals surface area contributed by atoms with Gasteiger partial charge in [0, 0.05) is 39.0 Å². The SMILES string of the molecule is CNC(=O)c1cc(Oc2ccc3nc(N(C)C4CCCCO4)sc3c2)ccn1. The highest BCUT2D eigenvalue weighted by Gasteiger charge is 2.21. The average molecular weight is 398 g/mol. The van der Waals surface area contributed by atoms with Gasteiger partial charge >= 0.3 is 0 Å². The zero-order valence-corrected chi connectivity index (χ0v) is 16.7. The molecule has 1 fully saturated rings. The molecule has 7 nitrogen and oxygen atoms in total. The van der Waals surface area contributed by atoms with Gasteiger partial charge in [0.15, 0.2) is 5.13 Å². The van der Waals surface area contributed by atoms with E-state index >= 15 is 0 Å². The van der Waals surface area contributed by atoms with E-state index in [0.717, 1.165) is 34.8 Å². The molecule has 146 valence electrons. The first-order chi connectivity index (χ1) is 13.6. The lowest BCUT2D eigenvalue weighted by atomic mass is 10.2. The van der Waals surface area contributed by atoms with Crippen LogP contribution in [0.3, 0.4) is 0 Å². The predicted molar refractivity (Wildman–Crippen MR) is 109 cm³/mol. The minimum atomic E-state index is -0.249. The van der Waals surface area contributed by atoms with Crippen LogP contribution in [0.2, 0.25) is 0 Å². The van der Waals surface area contributed by atoms with E-state index in [4.69, 9.17) is 14.5 Å². The molecule has 2 aromatic heterocycles. The van der Waals surface area contributed by atoms with Crippen LogP contribution in [0.25, 0.3) is 10.2 Å². The summed E-state index contributed by atoms with van der Waals surface area (Å²) in [6.45, 7) is 0.807. The molecule has 1 amide bonds. The van der Waals surface area contributed by atoms with Crippen molar-refractivity contribution in [3.05, 3.63) is 42.2 Å². The maximum Gasteiger partial charge on any atom is 0.269 e. The molecular weight excluding hydrogens is 376 g/mol. The predicted octanol–water partition coefficient (Wildman–Crippen LogP) is 3.81. The van der Waals surface area contributed by atoms with Crippen molar-refractivity contribution in [1.82, 2.24) is 15.3 Å². The van der Waals surface area contributed by atoms with Crippen molar-refractivity contribution in [2.24, 2.45) is 0 Å². The second-order valence-electron chi connectivity index (χ2n) is 6.62. The molecule has 1 aromatic carbocycles. The van der Waals surface area contributed by atoms with Gasteiger partial charge in [0.2, 0.25) is 0 Å². The maximum atomic E-state index is 11.7. The van der Waals surface area contributed by atoms with E-state index in [9.17, 15) is 4.79 Å². The van der Waals surface area contributed by atoms with Gasteiger partial charge in [0.25, 0.3) is 5.91 Å². The van der Waals surface area contributed by atoms with Crippen LogP contribution < -0.4 is 15.0 Å². The van der Waals surface area contributed by atoms with Gasteiger partial charge in [-0.1, -0.05) is 11.3 Å². The Morgan fingerprint density at radius 3 is 2.93 bits per heavy atom. The van der Waals surface area contributed by atoms with Crippen molar-refractivity contribution < 1.29 is 14.3 Å². The molecule has 1 unspecified atom stereocenters. The molecule has 3 aromatic rings. The Balaban J connectivity index is 1.54. The van der Waals surface area contributed by atoms with Gasteiger partial charge in [-0.15, -0.1) is 0 Å². The summed E-state index contributed by atoms with van der Waals surface area (Å²) >= 11 is 1.61. The van der Waals surface area contributed by atoms with Crippen LogP contribution in [0, 0.1) is 0 Å². The van der Waals surface area contributed by atoms with E-state index in [1.807, 2.05) is 25.2 Å². The third-order valence-corrected chi connectivity index (χ3v) is 5.77. The number of fused-ring (bicyclic) bond motifs is 1. The van der Waals surface area contributed by atoms with Gasteiger partial charge in [-0.05, 0) is 37.5 Å². The molecule has 0 spiro atoms. The number of ether oxygens (including phenoxy) is 2. The lowest BCUT2D eigenvalue weighted by Gasteiger charge is -2.30. The number of rotatable bonds is 5. The third-order valence-electron chi connectivity index (χ3n) is 4.66. The molecule has 1 atom stereocenters. The van der Waals surface area contributed by atoms with Crippen LogP contribution in [-0.2, 0) is 4.74 Å². The molecule has 3 heterocycles. The topological polar surface area (TPSA) is 76.6 Å². The van der Waals surface area contributed by atoms with Gasteiger partial charge < -0.3 is 19.7 Å². The summed E-state index contributed by atoms with van der Waals surface area (Å²) in [5, 5.41) is 3.49. The lowest BCUT2D eigenvalue weighted by Crippen LogP contribution is -2.36. The number of anilines is 1. The second-order valence-corrected chi connectivity index (χ2v) is 7.63. The second kappa shape index (κ2) is 8.12. The Kier molecular flexibility index (Phi) is 5.40. The van der Waals surface area contributed by atoms with E-state index in [1.165, 1.54) is 6.42 Å². The number of amides is 1. The number of aromatic nitrogens is 2. The molecule has 28 heavy (non-hydrogen) atoms. The van der Waals surface area contributed by atoms with E-state index in [2.05, 4.69) is 15.2 Å². The monoisotopic (exact) mass is 398 g/mol. The quantitative estimate of drug-likeness (QED) is 0.704. The van der Waals surface area contributed by atoms with E-state index < -0.39 is 0 Å². The number of nitrogens with zero attached hydrogens (tertiary/aromatic N) is 3. The minimum Gasteiger partial charge on any atom is -0.457 e. The van der Waals surface area contributed by atoms with Gasteiger partial charge in [-0.25, -0.2) is 4.98 Å². The number of thiazole rings is 1. The largest absolute Gasteiger partial charge is 0.457 e. The van der Waals surface area contributed by atoms with Gasteiger partial charge in [-0.3, -0.25) is 9.78 Å². The van der Waals surface area contributed by atoms with Gasteiger partial charge in [-0.2, -0.15) is 0 Å². The molecule has 1 saturated heterocycles. The van der Waals surface area contributed by atoms with Crippen molar-refractivity contribution in [1.29, 1.82) is 0 Å². The Bertz CT molecular complexity index is 984. The highest BCUT2D eigenvalue weighted by molar-refractivity contribution is 7.22. The molecule has 0 aliphatic carbocycles. The third kappa shape index (κ3) is 3.93. The molecule has 8 heteroatoms. The number of hydrogen-bond donors (Lipinski definition) is 1. The van der Waals surface area contributed by atoms with E-state index in [0.29, 0.717) is 17.2 Å². The van der Waals surface area contributed by atoms with Gasteiger partial charge in [0.1, 0.15) is 23.4 Å². The summed E-state index contributed by atoms with van der Waals surface area (Å²) in [6, 6.07) is 9.13. The van der Waals surface area contributed by atoms with Crippen LogP contribution >= 0.6 is 11.3 Å². The van der Waals surface area contributed by atoms with Crippen molar-refractivity contribution in [3.63, 3.8) is 0 Å². The molecular formula is C20H22N4O3S. The fraction of sp³-hybridized carbons (Fsp3) is 0.350. The van der Waals surface area contributed by atoms with Crippen molar-refractivity contribution in [2.75, 3.05) is 25.6 Å². The van der Waals surface area contributed by atoms with Crippen molar-refractivity contribution in [3.8, 4) is 11.5 Å². The van der Waals surface area contributed by atoms with Crippen LogP contribution in [0.4, 0.5) is 5.13 Å². The number of pyridine rings is 1. The Hall–Kier alpha value is -2.71. The molecule has 0 radical (unpaired) electrons. The molecule has 0 saturated carbocycles. The van der Waals surface area contributed by atoms with Gasteiger partial charge in [0.05, 0.1) is 10.2 Å². The number of benzene rings is 1. The van der Waals surface area contributed by atoms with E-state index in [-0.39, 0.29) is 12.1 Å². The van der Waals surface area contributed by atoms with Crippen LogP contribution in [-0.4, -0.2) is 42.8 Å². The number of nitrogens with one attached hydrogen (secondary N) is 1. The number of carbonyl (C=O) groups excluding carboxylic acids is 1. The summed E-state index contributed by atoms with van der Waals surface area (Å²) < 4.78 is 12.8. The van der Waals surface area contributed by atoms with E-state index in [1.54, 1.807) is 36.7 Å². The lowest BCUT2D eigenvalue weighted by molar-refractivity contribution is 0.0174. The summed E-state index contributed by atoms with van der Waals surface area (Å²) in [7, 11) is 3.60. The van der Waals surface area contributed by atoms with Crippen LogP contribution in [0.15, 0.2) is 36.5 Å². The summed E-state index contributed by atoms with van der Waals surface area (Å²) in [5.41, 5.74) is 1.24. The fourth-order valence-corrected chi connectivity index (χ4v) is 4.12. The van der Waals surface area contributed by atoms with Crippen molar-refractivity contribution >= 4 is 32.6 Å². The normalized spacial score (nSPS) is 16.7. The Morgan fingerprint density at radius 2 is 2.14 bits per heavy atom. The molecule has 1 aliphatic heterocycles. The Morgan fingerprint density at radius 1 is 1.29 bits per heavy atom.